The highest BCUT2D eigenvalue weighted by Gasteiger charge is 1.98. The Balaban J connectivity index is 2.53. The lowest BCUT2D eigenvalue weighted by atomic mass is 10.1. The molecule has 0 unspecified atom stereocenters. The largest absolute Gasteiger partial charge is 0.270 e. The Morgan fingerprint density at radius 2 is 1.56 bits per heavy atom. The van der Waals surface area contributed by atoms with Crippen LogP contribution < -0.4 is 5.56 Å². The van der Waals surface area contributed by atoms with Crippen LogP contribution in [0.5, 0.6) is 0 Å². The van der Waals surface area contributed by atoms with Crippen molar-refractivity contribution in [2.24, 2.45) is 0 Å². The number of pyridine rings is 1. The van der Waals surface area contributed by atoms with Crippen molar-refractivity contribution in [1.29, 1.82) is 0 Å². The third-order valence-corrected chi connectivity index (χ3v) is 2.55. The predicted octanol–water partition coefficient (Wildman–Crippen LogP) is 2.14. The van der Waals surface area contributed by atoms with E-state index in [1.165, 1.54) is 6.07 Å². The molecule has 0 aliphatic carbocycles. The summed E-state index contributed by atoms with van der Waals surface area (Å²) >= 11 is 0. The van der Waals surface area contributed by atoms with Crippen LogP contribution in [-0.2, 0) is 0 Å². The van der Waals surface area contributed by atoms with Gasteiger partial charge in [0.25, 0.3) is 5.56 Å². The van der Waals surface area contributed by atoms with Gasteiger partial charge in [-0.15, -0.1) is 0 Å². The molecule has 2 heterocycles. The molecule has 3 nitrogen and oxygen atoms in total. The highest BCUT2D eigenvalue weighted by molar-refractivity contribution is 5.95. The van der Waals surface area contributed by atoms with Crippen LogP contribution in [0.1, 0.15) is 0 Å². The molecule has 1 aromatic carbocycles. The van der Waals surface area contributed by atoms with Crippen LogP contribution in [0.25, 0.3) is 21.7 Å². The minimum Gasteiger partial charge on any atom is -0.267 e. The maximum Gasteiger partial charge on any atom is 0.270 e. The summed E-state index contributed by atoms with van der Waals surface area (Å²) < 4.78 is 0. The van der Waals surface area contributed by atoms with Crippen molar-refractivity contribution in [3.63, 3.8) is 0 Å². The summed E-state index contributed by atoms with van der Waals surface area (Å²) in [7, 11) is 0. The Morgan fingerprint density at radius 1 is 0.812 bits per heavy atom. The highest BCUT2D eigenvalue weighted by atomic mass is 16.1. The van der Waals surface area contributed by atoms with E-state index < -0.39 is 0 Å². The fourth-order valence-corrected chi connectivity index (χ4v) is 1.77. The molecule has 0 N–H and O–H groups in total. The second kappa shape index (κ2) is 3.38. The van der Waals surface area contributed by atoms with Gasteiger partial charge in [0.05, 0.1) is 5.52 Å². The number of hydrogen-bond acceptors (Lipinski definition) is 3. The summed E-state index contributed by atoms with van der Waals surface area (Å²) in [5, 5.41) is 3.09. The molecule has 16 heavy (non-hydrogen) atoms. The van der Waals surface area contributed by atoms with E-state index in [2.05, 4.69) is 9.97 Å². The molecule has 3 aromatic rings. The van der Waals surface area contributed by atoms with E-state index in [4.69, 9.17) is 0 Å². The Bertz CT molecular complexity index is 738. The zero-order valence-electron chi connectivity index (χ0n) is 8.42. The topological polar surface area (TPSA) is 42.9 Å². The van der Waals surface area contributed by atoms with E-state index in [0.717, 1.165) is 21.7 Å². The zero-order valence-corrected chi connectivity index (χ0v) is 8.42. The highest BCUT2D eigenvalue weighted by Crippen LogP contribution is 2.18. The van der Waals surface area contributed by atoms with E-state index in [0.29, 0.717) is 0 Å². The van der Waals surface area contributed by atoms with Gasteiger partial charge < -0.3 is 0 Å². The van der Waals surface area contributed by atoms with Crippen LogP contribution in [0, 0.1) is 0 Å². The van der Waals surface area contributed by atoms with Gasteiger partial charge in [0, 0.05) is 23.8 Å². The lowest BCUT2D eigenvalue weighted by Crippen LogP contribution is -2.01. The van der Waals surface area contributed by atoms with Crippen LogP contribution >= 0.6 is 0 Å². The van der Waals surface area contributed by atoms with Gasteiger partial charge in [-0.3, -0.25) is 9.78 Å². The molecule has 0 atom stereocenters. The zero-order chi connectivity index (χ0) is 11.0. The summed E-state index contributed by atoms with van der Waals surface area (Å²) in [6, 6.07) is 11.1. The first-order valence-corrected chi connectivity index (χ1v) is 4.98. The molecule has 2 aromatic heterocycles. The van der Waals surface area contributed by atoms with Gasteiger partial charge in [0.15, 0.2) is 0 Å². The van der Waals surface area contributed by atoms with E-state index in [1.807, 2.05) is 24.3 Å². The smallest absolute Gasteiger partial charge is 0.267 e. The van der Waals surface area contributed by atoms with Crippen LogP contribution in [0.4, 0.5) is 0 Å². The van der Waals surface area contributed by atoms with Gasteiger partial charge in [-0.25, -0.2) is 4.98 Å². The van der Waals surface area contributed by atoms with Gasteiger partial charge in [-0.05, 0) is 41.1 Å². The van der Waals surface area contributed by atoms with Crippen LogP contribution in [0.15, 0.2) is 53.6 Å². The van der Waals surface area contributed by atoms with Crippen molar-refractivity contribution in [2.45, 2.75) is 0 Å². The molecule has 0 aliphatic rings. The molecule has 0 radical (unpaired) electrons. The van der Waals surface area contributed by atoms with E-state index in [-0.39, 0.29) is 5.56 Å². The quantitative estimate of drug-likeness (QED) is 0.568. The second-order valence-electron chi connectivity index (χ2n) is 3.60. The first kappa shape index (κ1) is 8.97. The molecular weight excluding hydrogens is 200 g/mol. The minimum atomic E-state index is -0.203. The number of aromatic nitrogens is 2. The van der Waals surface area contributed by atoms with Crippen LogP contribution in [-0.4, -0.2) is 9.97 Å². The molecule has 0 saturated carbocycles. The Kier molecular flexibility index (Phi) is 1.90. The standard InChI is InChI=1S/C13H8N2O/c16-13-2-1-11-7-9-3-5-14-6-4-10(9)8-12(11)15-13/h1-8H. The number of nitrogens with zero attached hydrogens (tertiary/aromatic N) is 2. The molecule has 0 aliphatic heterocycles. The predicted molar refractivity (Wildman–Crippen MR) is 63.3 cm³/mol. The molecule has 3 rings (SSSR count). The molecule has 0 fully saturated rings. The lowest BCUT2D eigenvalue weighted by molar-refractivity contribution is 1.31. The van der Waals surface area contributed by atoms with E-state index >= 15 is 0 Å². The molecule has 0 bridgehead atoms. The SMILES string of the molecule is O=c1ccc2cc3ccnccc3cc2n1. The molecular formula is C13H8N2O. The number of rotatable bonds is 0. The van der Waals surface area contributed by atoms with Crippen molar-refractivity contribution < 1.29 is 0 Å². The first-order valence-electron chi connectivity index (χ1n) is 4.98. The number of hydrogen-bond donors (Lipinski definition) is 0. The molecule has 3 heteroatoms. The molecule has 76 valence electrons. The summed E-state index contributed by atoms with van der Waals surface area (Å²) in [6.45, 7) is 0. The van der Waals surface area contributed by atoms with E-state index in [9.17, 15) is 4.79 Å². The molecule has 0 saturated heterocycles. The Hall–Kier alpha value is -2.29. The van der Waals surface area contributed by atoms with Gasteiger partial charge in [0.1, 0.15) is 0 Å². The minimum absolute atomic E-state index is 0.203. The normalized spacial score (nSPS) is 10.8. The summed E-state index contributed by atoms with van der Waals surface area (Å²) in [4.78, 5) is 19.2. The van der Waals surface area contributed by atoms with Crippen LogP contribution in [0.3, 0.4) is 0 Å². The van der Waals surface area contributed by atoms with Gasteiger partial charge in [-0.2, -0.15) is 0 Å². The average molecular weight is 208 g/mol. The fraction of sp³-hybridized carbons (Fsp3) is 0. The third-order valence-electron chi connectivity index (χ3n) is 2.55. The summed E-state index contributed by atoms with van der Waals surface area (Å²) in [6.07, 6.45) is 3.48. The first-order chi connectivity index (χ1) is 7.83. The van der Waals surface area contributed by atoms with E-state index in [1.54, 1.807) is 18.5 Å². The summed E-state index contributed by atoms with van der Waals surface area (Å²) in [5.74, 6) is 0. The van der Waals surface area contributed by atoms with Crippen LogP contribution in [0.2, 0.25) is 0 Å². The Labute approximate surface area is 91.4 Å². The molecule has 0 spiro atoms. The van der Waals surface area contributed by atoms with Crippen molar-refractivity contribution >= 4 is 21.7 Å². The van der Waals surface area contributed by atoms with Crippen molar-refractivity contribution in [1.82, 2.24) is 9.97 Å². The number of fused-ring (bicyclic) bond motifs is 2. The average Bonchev–Trinajstić information content (AvgIpc) is 2.50. The van der Waals surface area contributed by atoms with Gasteiger partial charge in [-0.1, -0.05) is 0 Å². The number of benzene rings is 1. The summed E-state index contributed by atoms with van der Waals surface area (Å²) in [5.41, 5.74) is 0.525. The second-order valence-corrected chi connectivity index (χ2v) is 3.60. The van der Waals surface area contributed by atoms with Crippen molar-refractivity contribution in [2.75, 3.05) is 0 Å². The Morgan fingerprint density at radius 3 is 2.38 bits per heavy atom. The van der Waals surface area contributed by atoms with Gasteiger partial charge >= 0.3 is 0 Å². The molecule has 0 amide bonds. The lowest BCUT2D eigenvalue weighted by Gasteiger charge is -1.97. The van der Waals surface area contributed by atoms with Crippen molar-refractivity contribution in [3.05, 3.63) is 59.1 Å². The monoisotopic (exact) mass is 208 g/mol. The maximum absolute atomic E-state index is 11.2. The fourth-order valence-electron chi connectivity index (χ4n) is 1.77. The van der Waals surface area contributed by atoms with Gasteiger partial charge in [0.2, 0.25) is 0 Å². The van der Waals surface area contributed by atoms with Crippen molar-refractivity contribution in [3.8, 4) is 0 Å². The third kappa shape index (κ3) is 1.42. The maximum atomic E-state index is 11.2.